The van der Waals surface area contributed by atoms with Crippen molar-refractivity contribution in [2.24, 2.45) is 7.05 Å². The van der Waals surface area contributed by atoms with Gasteiger partial charge in [0.25, 0.3) is 0 Å². The summed E-state index contributed by atoms with van der Waals surface area (Å²) in [6, 6.07) is 0. The lowest BCUT2D eigenvalue weighted by Gasteiger charge is -2.40. The van der Waals surface area contributed by atoms with Crippen molar-refractivity contribution in [3.63, 3.8) is 0 Å². The molecule has 0 saturated heterocycles. The molecule has 19 heavy (non-hydrogen) atoms. The maximum Gasteiger partial charge on any atom is 0.108 e. The first-order valence-corrected chi connectivity index (χ1v) is 7.46. The highest BCUT2D eigenvalue weighted by molar-refractivity contribution is 4.96. The average Bonchev–Trinajstić information content (AvgIpc) is 2.83. The summed E-state index contributed by atoms with van der Waals surface area (Å²) in [5, 5.41) is 10.6. The van der Waals surface area contributed by atoms with Gasteiger partial charge in [-0.3, -0.25) is 0 Å². The number of imidazole rings is 1. The maximum atomic E-state index is 10.6. The molecule has 1 atom stereocenters. The third-order valence-electron chi connectivity index (χ3n) is 4.30. The van der Waals surface area contributed by atoms with Crippen LogP contribution in [0.4, 0.5) is 0 Å². The number of aliphatic hydroxyl groups is 1. The Morgan fingerprint density at radius 2 is 2.16 bits per heavy atom. The van der Waals surface area contributed by atoms with Gasteiger partial charge in [0.1, 0.15) is 5.82 Å². The van der Waals surface area contributed by atoms with Crippen LogP contribution < -0.4 is 0 Å². The summed E-state index contributed by atoms with van der Waals surface area (Å²) in [5.74, 6) is 1.03. The molecule has 1 aliphatic carbocycles. The second kappa shape index (κ2) is 6.53. The van der Waals surface area contributed by atoms with Crippen molar-refractivity contribution in [1.29, 1.82) is 0 Å². The van der Waals surface area contributed by atoms with Gasteiger partial charge in [0.05, 0.1) is 11.7 Å². The third-order valence-corrected chi connectivity index (χ3v) is 4.30. The fraction of sp³-hybridized carbons (Fsp3) is 0.800. The molecule has 0 bridgehead atoms. The number of nitrogens with zero attached hydrogens (tertiary/aromatic N) is 2. The molecule has 1 saturated carbocycles. The molecule has 1 heterocycles. The van der Waals surface area contributed by atoms with E-state index < -0.39 is 0 Å². The Bertz CT molecular complexity index is 378. The van der Waals surface area contributed by atoms with Crippen LogP contribution in [0.15, 0.2) is 12.4 Å². The minimum Gasteiger partial charge on any atom is -0.390 e. The van der Waals surface area contributed by atoms with Crippen LogP contribution in [0.5, 0.6) is 0 Å². The molecule has 1 aliphatic rings. The molecule has 4 nitrogen and oxygen atoms in total. The highest BCUT2D eigenvalue weighted by Gasteiger charge is 2.39. The van der Waals surface area contributed by atoms with Crippen LogP contribution in [0.3, 0.4) is 0 Å². The largest absolute Gasteiger partial charge is 0.390 e. The number of aryl methyl sites for hydroxylation is 2. The molecule has 2 rings (SSSR count). The summed E-state index contributed by atoms with van der Waals surface area (Å²) < 4.78 is 7.97. The summed E-state index contributed by atoms with van der Waals surface area (Å²) in [6.07, 6.45) is 10.5. The Morgan fingerprint density at radius 1 is 1.42 bits per heavy atom. The molecule has 1 fully saturated rings. The minimum atomic E-state index is -0.385. The van der Waals surface area contributed by atoms with Gasteiger partial charge in [0.2, 0.25) is 0 Å². The van der Waals surface area contributed by atoms with E-state index in [1.54, 1.807) is 6.20 Å². The lowest BCUT2D eigenvalue weighted by Crippen LogP contribution is -2.46. The van der Waals surface area contributed by atoms with E-state index in [4.69, 9.17) is 4.74 Å². The Kier molecular flexibility index (Phi) is 4.99. The fourth-order valence-electron chi connectivity index (χ4n) is 3.18. The predicted octanol–water partition coefficient (Wildman–Crippen LogP) is 2.45. The Hall–Kier alpha value is -0.870. The van der Waals surface area contributed by atoms with Crippen molar-refractivity contribution in [2.45, 2.75) is 63.6 Å². The maximum absolute atomic E-state index is 10.6. The molecular weight excluding hydrogens is 240 g/mol. The van der Waals surface area contributed by atoms with E-state index in [1.165, 1.54) is 19.3 Å². The highest BCUT2D eigenvalue weighted by atomic mass is 16.5. The van der Waals surface area contributed by atoms with Gasteiger partial charge in [-0.05, 0) is 26.2 Å². The second-order valence-electron chi connectivity index (χ2n) is 5.57. The molecule has 1 aromatic heterocycles. The SMILES string of the molecule is CCOC1(C(O)CCc2nccn2C)CCCCC1. The lowest BCUT2D eigenvalue weighted by atomic mass is 9.79. The van der Waals surface area contributed by atoms with Crippen molar-refractivity contribution in [1.82, 2.24) is 9.55 Å². The van der Waals surface area contributed by atoms with Crippen molar-refractivity contribution >= 4 is 0 Å². The van der Waals surface area contributed by atoms with Crippen LogP contribution in [0.2, 0.25) is 0 Å². The summed E-state index contributed by atoms with van der Waals surface area (Å²) >= 11 is 0. The quantitative estimate of drug-likeness (QED) is 0.860. The number of aliphatic hydroxyl groups excluding tert-OH is 1. The third kappa shape index (κ3) is 3.37. The summed E-state index contributed by atoms with van der Waals surface area (Å²) in [6.45, 7) is 2.70. The zero-order chi connectivity index (χ0) is 13.7. The molecule has 0 aliphatic heterocycles. The smallest absolute Gasteiger partial charge is 0.108 e. The van der Waals surface area contributed by atoms with Crippen LogP contribution in [0, 0.1) is 0 Å². The van der Waals surface area contributed by atoms with Crippen molar-refractivity contribution < 1.29 is 9.84 Å². The fourth-order valence-corrected chi connectivity index (χ4v) is 3.18. The van der Waals surface area contributed by atoms with Crippen molar-refractivity contribution in [2.75, 3.05) is 6.61 Å². The molecule has 108 valence electrons. The van der Waals surface area contributed by atoms with Gasteiger partial charge in [0.15, 0.2) is 0 Å². The van der Waals surface area contributed by atoms with Crippen LogP contribution in [-0.4, -0.2) is 33.0 Å². The van der Waals surface area contributed by atoms with Gasteiger partial charge >= 0.3 is 0 Å². The molecule has 0 amide bonds. The normalized spacial score (nSPS) is 20.4. The van der Waals surface area contributed by atoms with Crippen molar-refractivity contribution in [3.8, 4) is 0 Å². The van der Waals surface area contributed by atoms with E-state index in [0.717, 1.165) is 31.5 Å². The van der Waals surface area contributed by atoms with E-state index in [-0.39, 0.29) is 11.7 Å². The van der Waals surface area contributed by atoms with Crippen LogP contribution >= 0.6 is 0 Å². The van der Waals surface area contributed by atoms with E-state index in [0.29, 0.717) is 6.61 Å². The molecule has 1 N–H and O–H groups in total. The molecule has 1 aromatic rings. The van der Waals surface area contributed by atoms with E-state index in [2.05, 4.69) is 4.98 Å². The number of ether oxygens (including phenoxy) is 1. The summed E-state index contributed by atoms with van der Waals surface area (Å²) in [4.78, 5) is 4.31. The Morgan fingerprint density at radius 3 is 2.74 bits per heavy atom. The van der Waals surface area contributed by atoms with Gasteiger partial charge in [-0.25, -0.2) is 4.98 Å². The number of hydrogen-bond donors (Lipinski definition) is 1. The first kappa shape index (κ1) is 14.5. The lowest BCUT2D eigenvalue weighted by molar-refractivity contribution is -0.141. The average molecular weight is 266 g/mol. The van der Waals surface area contributed by atoms with Gasteiger partial charge in [-0.15, -0.1) is 0 Å². The number of aromatic nitrogens is 2. The van der Waals surface area contributed by atoms with Crippen molar-refractivity contribution in [3.05, 3.63) is 18.2 Å². The number of hydrogen-bond acceptors (Lipinski definition) is 3. The summed E-state index contributed by atoms with van der Waals surface area (Å²) in [7, 11) is 1.99. The Balaban J connectivity index is 1.95. The van der Waals surface area contributed by atoms with Gasteiger partial charge in [-0.1, -0.05) is 19.3 Å². The molecule has 1 unspecified atom stereocenters. The summed E-state index contributed by atoms with van der Waals surface area (Å²) in [5.41, 5.74) is -0.307. The monoisotopic (exact) mass is 266 g/mol. The molecule has 0 spiro atoms. The van der Waals surface area contributed by atoms with Crippen LogP contribution in [-0.2, 0) is 18.2 Å². The van der Waals surface area contributed by atoms with Crippen LogP contribution in [0.1, 0.15) is 51.3 Å². The van der Waals surface area contributed by atoms with E-state index in [1.807, 2.05) is 24.7 Å². The molecule has 4 heteroatoms. The van der Waals surface area contributed by atoms with E-state index >= 15 is 0 Å². The Labute approximate surface area is 115 Å². The zero-order valence-electron chi connectivity index (χ0n) is 12.1. The molecular formula is C15H26N2O2. The first-order valence-electron chi connectivity index (χ1n) is 7.46. The highest BCUT2D eigenvalue weighted by Crippen LogP contribution is 2.36. The standard InChI is InChI=1S/C15H26N2O2/c1-3-19-15(9-5-4-6-10-15)13(18)7-8-14-16-11-12-17(14)2/h11-13,18H,3-10H2,1-2H3. The van der Waals surface area contributed by atoms with E-state index in [9.17, 15) is 5.11 Å². The molecule has 0 aromatic carbocycles. The second-order valence-corrected chi connectivity index (χ2v) is 5.57. The first-order chi connectivity index (χ1) is 9.18. The zero-order valence-corrected chi connectivity index (χ0v) is 12.1. The van der Waals surface area contributed by atoms with Gasteiger partial charge < -0.3 is 14.4 Å². The van der Waals surface area contributed by atoms with Gasteiger partial charge in [0, 0.05) is 32.5 Å². The van der Waals surface area contributed by atoms with Crippen LogP contribution in [0.25, 0.3) is 0 Å². The molecule has 0 radical (unpaired) electrons. The topological polar surface area (TPSA) is 47.3 Å². The number of rotatable bonds is 6. The van der Waals surface area contributed by atoms with Gasteiger partial charge in [-0.2, -0.15) is 0 Å². The minimum absolute atomic E-state index is 0.307. The predicted molar refractivity (Wildman–Crippen MR) is 75.0 cm³/mol.